The van der Waals surface area contributed by atoms with Gasteiger partial charge in [-0.1, -0.05) is 20.3 Å². The van der Waals surface area contributed by atoms with Gasteiger partial charge in [0, 0.05) is 25.2 Å². The first kappa shape index (κ1) is 24.4. The Morgan fingerprint density at radius 2 is 2.00 bits per heavy atom. The molecule has 0 aliphatic carbocycles. The van der Waals surface area contributed by atoms with Crippen LogP contribution in [0.25, 0.3) is 0 Å². The van der Waals surface area contributed by atoms with Gasteiger partial charge in [-0.3, -0.25) is 19.4 Å². The van der Waals surface area contributed by atoms with Crippen LogP contribution in [-0.2, 0) is 14.3 Å². The fourth-order valence-corrected chi connectivity index (χ4v) is 4.43. The second-order valence-electron chi connectivity index (χ2n) is 9.21. The van der Waals surface area contributed by atoms with Crippen molar-refractivity contribution >= 4 is 35.2 Å². The van der Waals surface area contributed by atoms with E-state index in [9.17, 15) is 19.2 Å². The number of H-pyrrole nitrogens is 1. The summed E-state index contributed by atoms with van der Waals surface area (Å²) in [6.07, 6.45) is 3.67. The molecule has 0 saturated carbocycles. The van der Waals surface area contributed by atoms with E-state index in [0.717, 1.165) is 38.8 Å². The van der Waals surface area contributed by atoms with Crippen LogP contribution in [0.3, 0.4) is 0 Å². The zero-order valence-corrected chi connectivity index (χ0v) is 20.1. The van der Waals surface area contributed by atoms with Gasteiger partial charge in [0.25, 0.3) is 5.56 Å². The Kier molecular flexibility index (Phi) is 7.48. The Balaban J connectivity index is 1.50. The van der Waals surface area contributed by atoms with Crippen LogP contribution < -0.4 is 21.1 Å². The SMILES string of the molecule is CCCCOC(=O)c1ccc(NC(=O)[C@@H]2CC(=O)Nc3nc(N4CCC[C@H](C)C4)[nH]c(=O)c32)cc1. The molecule has 0 radical (unpaired) electrons. The number of carbonyl (C=O) groups is 3. The number of benzene rings is 1. The average Bonchev–Trinajstić information content (AvgIpc) is 2.83. The van der Waals surface area contributed by atoms with Gasteiger partial charge in [-0.25, -0.2) is 4.79 Å². The maximum atomic E-state index is 13.1. The van der Waals surface area contributed by atoms with Gasteiger partial charge in [0.05, 0.1) is 23.7 Å². The van der Waals surface area contributed by atoms with Crippen LogP contribution in [0.4, 0.5) is 17.5 Å². The van der Waals surface area contributed by atoms with Gasteiger partial charge < -0.3 is 20.3 Å². The van der Waals surface area contributed by atoms with Crippen molar-refractivity contribution in [1.29, 1.82) is 0 Å². The number of carbonyl (C=O) groups excluding carboxylic acids is 3. The van der Waals surface area contributed by atoms with Gasteiger partial charge in [-0.15, -0.1) is 0 Å². The number of amides is 2. The molecule has 186 valence electrons. The summed E-state index contributed by atoms with van der Waals surface area (Å²) in [6, 6.07) is 6.29. The van der Waals surface area contributed by atoms with E-state index in [1.54, 1.807) is 24.3 Å². The number of rotatable bonds is 7. The molecule has 2 atom stereocenters. The zero-order valence-electron chi connectivity index (χ0n) is 20.1. The monoisotopic (exact) mass is 481 g/mol. The van der Waals surface area contributed by atoms with E-state index in [1.807, 2.05) is 11.8 Å². The number of hydrogen-bond donors (Lipinski definition) is 3. The second-order valence-corrected chi connectivity index (χ2v) is 9.21. The van der Waals surface area contributed by atoms with Crippen molar-refractivity contribution in [2.24, 2.45) is 5.92 Å². The third-order valence-corrected chi connectivity index (χ3v) is 6.33. The lowest BCUT2D eigenvalue weighted by Gasteiger charge is -2.32. The van der Waals surface area contributed by atoms with Gasteiger partial charge in [0.15, 0.2) is 0 Å². The molecule has 0 spiro atoms. The fraction of sp³-hybridized carbons (Fsp3) is 0.480. The molecule has 1 aromatic heterocycles. The van der Waals surface area contributed by atoms with Gasteiger partial charge in [-0.2, -0.15) is 4.98 Å². The first-order chi connectivity index (χ1) is 16.9. The molecule has 0 bridgehead atoms. The highest BCUT2D eigenvalue weighted by molar-refractivity contribution is 6.04. The van der Waals surface area contributed by atoms with Crippen LogP contribution in [0, 0.1) is 5.92 Å². The Hall–Kier alpha value is -3.69. The van der Waals surface area contributed by atoms with Crippen molar-refractivity contribution < 1.29 is 19.1 Å². The molecular formula is C25H31N5O5. The summed E-state index contributed by atoms with van der Waals surface area (Å²) in [7, 11) is 0. The molecule has 10 nitrogen and oxygen atoms in total. The molecule has 3 N–H and O–H groups in total. The first-order valence-corrected chi connectivity index (χ1v) is 12.1. The van der Waals surface area contributed by atoms with E-state index in [0.29, 0.717) is 29.7 Å². The molecule has 1 aromatic carbocycles. The van der Waals surface area contributed by atoms with E-state index in [-0.39, 0.29) is 23.7 Å². The van der Waals surface area contributed by atoms with Gasteiger partial charge in [0.1, 0.15) is 5.82 Å². The van der Waals surface area contributed by atoms with Crippen LogP contribution in [0.2, 0.25) is 0 Å². The average molecular weight is 482 g/mol. The number of piperidine rings is 1. The third kappa shape index (κ3) is 5.70. The number of nitrogens with zero attached hydrogens (tertiary/aromatic N) is 2. The van der Waals surface area contributed by atoms with Crippen molar-refractivity contribution in [3.8, 4) is 0 Å². The van der Waals surface area contributed by atoms with E-state index >= 15 is 0 Å². The minimum absolute atomic E-state index is 0.128. The molecule has 1 saturated heterocycles. The van der Waals surface area contributed by atoms with E-state index < -0.39 is 23.4 Å². The molecule has 3 heterocycles. The molecule has 1 fully saturated rings. The van der Waals surface area contributed by atoms with Crippen molar-refractivity contribution in [2.75, 3.05) is 35.2 Å². The molecule has 2 aliphatic heterocycles. The summed E-state index contributed by atoms with van der Waals surface area (Å²) in [5, 5.41) is 5.39. The first-order valence-electron chi connectivity index (χ1n) is 12.1. The van der Waals surface area contributed by atoms with Crippen LogP contribution in [0.5, 0.6) is 0 Å². The summed E-state index contributed by atoms with van der Waals surface area (Å²) in [5.41, 5.74) is 0.526. The standard InChI is InChI=1S/C25H31N5O5/c1-3-4-12-35-24(34)16-7-9-17(10-8-16)26-22(32)18-13-19(31)27-21-20(18)23(33)29-25(28-21)30-11-5-6-15(2)14-30/h7-10,15,18H,3-6,11-14H2,1-2H3,(H,26,32)(H2,27,28,29,31,33)/t15-,18+/m0/s1. The van der Waals surface area contributed by atoms with Crippen LogP contribution in [0.15, 0.2) is 29.1 Å². The van der Waals surface area contributed by atoms with Crippen molar-refractivity contribution in [1.82, 2.24) is 9.97 Å². The Morgan fingerprint density at radius 3 is 2.71 bits per heavy atom. The summed E-state index contributed by atoms with van der Waals surface area (Å²) in [6.45, 7) is 6.05. The Labute approximate surface area is 203 Å². The number of unbranched alkanes of at least 4 members (excludes halogenated alkanes) is 1. The smallest absolute Gasteiger partial charge is 0.338 e. The minimum Gasteiger partial charge on any atom is -0.462 e. The minimum atomic E-state index is -0.983. The summed E-state index contributed by atoms with van der Waals surface area (Å²) in [5.74, 6) is -1.27. The molecule has 2 aromatic rings. The van der Waals surface area contributed by atoms with Crippen molar-refractivity contribution in [3.05, 3.63) is 45.7 Å². The number of aromatic nitrogens is 2. The maximum Gasteiger partial charge on any atom is 0.338 e. The van der Waals surface area contributed by atoms with Gasteiger partial charge in [-0.05, 0) is 49.4 Å². The lowest BCUT2D eigenvalue weighted by Crippen LogP contribution is -2.40. The van der Waals surface area contributed by atoms with Gasteiger partial charge >= 0.3 is 5.97 Å². The van der Waals surface area contributed by atoms with Crippen LogP contribution in [-0.4, -0.2) is 47.4 Å². The largest absolute Gasteiger partial charge is 0.462 e. The summed E-state index contributed by atoms with van der Waals surface area (Å²) < 4.78 is 5.19. The predicted octanol–water partition coefficient (Wildman–Crippen LogP) is 3.03. The normalized spacial score (nSPS) is 19.5. The molecule has 4 rings (SSSR count). The van der Waals surface area contributed by atoms with Crippen molar-refractivity contribution in [3.63, 3.8) is 0 Å². The summed E-state index contributed by atoms with van der Waals surface area (Å²) >= 11 is 0. The Bertz CT molecular complexity index is 1160. The number of ether oxygens (including phenoxy) is 1. The number of esters is 1. The zero-order chi connectivity index (χ0) is 24.9. The van der Waals surface area contributed by atoms with Gasteiger partial charge in [0.2, 0.25) is 17.8 Å². The lowest BCUT2D eigenvalue weighted by molar-refractivity contribution is -0.123. The predicted molar refractivity (Wildman–Crippen MR) is 132 cm³/mol. The molecular weight excluding hydrogens is 450 g/mol. The highest BCUT2D eigenvalue weighted by Gasteiger charge is 2.35. The third-order valence-electron chi connectivity index (χ3n) is 6.33. The lowest BCUT2D eigenvalue weighted by atomic mass is 9.92. The highest BCUT2D eigenvalue weighted by Crippen LogP contribution is 2.31. The molecule has 2 amide bonds. The number of aromatic amines is 1. The van der Waals surface area contributed by atoms with E-state index in [1.165, 1.54) is 0 Å². The molecule has 2 aliphatic rings. The fourth-order valence-electron chi connectivity index (χ4n) is 4.43. The summed E-state index contributed by atoms with van der Waals surface area (Å²) in [4.78, 5) is 59.8. The topological polar surface area (TPSA) is 133 Å². The van der Waals surface area contributed by atoms with E-state index in [4.69, 9.17) is 4.74 Å². The van der Waals surface area contributed by atoms with Crippen LogP contribution in [0.1, 0.15) is 67.8 Å². The maximum absolute atomic E-state index is 13.1. The second kappa shape index (κ2) is 10.7. The number of anilines is 3. The van der Waals surface area contributed by atoms with Crippen LogP contribution >= 0.6 is 0 Å². The molecule has 35 heavy (non-hydrogen) atoms. The Morgan fingerprint density at radius 1 is 1.23 bits per heavy atom. The quantitative estimate of drug-likeness (QED) is 0.409. The molecule has 10 heteroatoms. The number of hydrogen-bond acceptors (Lipinski definition) is 7. The van der Waals surface area contributed by atoms with E-state index in [2.05, 4.69) is 27.5 Å². The molecule has 0 unspecified atom stereocenters. The number of fused-ring (bicyclic) bond motifs is 1. The van der Waals surface area contributed by atoms with Crippen molar-refractivity contribution in [2.45, 2.75) is 51.9 Å². The highest BCUT2D eigenvalue weighted by atomic mass is 16.5. The number of nitrogens with one attached hydrogen (secondary N) is 3.